The van der Waals surface area contributed by atoms with E-state index in [0.717, 1.165) is 22.2 Å². The molecule has 4 rings (SSSR count). The van der Waals surface area contributed by atoms with Gasteiger partial charge in [0.15, 0.2) is 0 Å². The number of hydrogen-bond acceptors (Lipinski definition) is 6. The number of carbonyl (C=O) groups is 2. The highest BCUT2D eigenvalue weighted by molar-refractivity contribution is 5.95. The number of amides is 2. The number of pyridine rings is 1. The summed E-state index contributed by atoms with van der Waals surface area (Å²) in [6.07, 6.45) is 0. The summed E-state index contributed by atoms with van der Waals surface area (Å²) in [6.45, 7) is 3.21. The Bertz CT molecular complexity index is 1100. The largest absolute Gasteiger partial charge is 0.489 e. The Morgan fingerprint density at radius 2 is 1.94 bits per heavy atom. The van der Waals surface area contributed by atoms with E-state index in [-0.39, 0.29) is 5.91 Å². The van der Waals surface area contributed by atoms with Gasteiger partial charge in [-0.2, -0.15) is 0 Å². The van der Waals surface area contributed by atoms with Crippen molar-refractivity contribution in [2.45, 2.75) is 19.6 Å². The van der Waals surface area contributed by atoms with Crippen LogP contribution in [0.2, 0.25) is 0 Å². The Morgan fingerprint density at radius 3 is 2.71 bits per heavy atom. The molecule has 1 fully saturated rings. The van der Waals surface area contributed by atoms with E-state index >= 15 is 0 Å². The van der Waals surface area contributed by atoms with Crippen molar-refractivity contribution in [2.75, 3.05) is 13.1 Å². The van der Waals surface area contributed by atoms with Gasteiger partial charge in [0.1, 0.15) is 12.4 Å². The highest BCUT2D eigenvalue weighted by atomic mass is 16.5. The smallest absolute Gasteiger partial charge is 0.251 e. The maximum atomic E-state index is 12.6. The van der Waals surface area contributed by atoms with Gasteiger partial charge in [0.25, 0.3) is 5.91 Å². The van der Waals surface area contributed by atoms with Crippen molar-refractivity contribution >= 4 is 22.7 Å². The Kier molecular flexibility index (Phi) is 6.11. The minimum atomic E-state index is -0.518. The number of benzene rings is 2. The number of aromatic nitrogens is 1. The second kappa shape index (κ2) is 9.11. The lowest BCUT2D eigenvalue weighted by Gasteiger charge is -2.18. The second-order valence-electron chi connectivity index (χ2n) is 7.57. The first-order valence-corrected chi connectivity index (χ1v) is 10.1. The van der Waals surface area contributed by atoms with Crippen LogP contribution in [-0.4, -0.2) is 41.1 Å². The molecular weight excluding hydrogens is 396 g/mol. The summed E-state index contributed by atoms with van der Waals surface area (Å²) in [5, 5.41) is 15.8. The number of nitrogens with zero attached hydrogens (tertiary/aromatic N) is 1. The molecule has 0 aliphatic carbocycles. The van der Waals surface area contributed by atoms with E-state index in [4.69, 9.17) is 9.94 Å². The number of nitrogens with one attached hydrogen (secondary N) is 3. The Balaban J connectivity index is 1.40. The number of aryl methyl sites for hydroxylation is 1. The van der Waals surface area contributed by atoms with Crippen LogP contribution in [0.3, 0.4) is 0 Å². The number of rotatable bonds is 6. The first-order chi connectivity index (χ1) is 15.0. The summed E-state index contributed by atoms with van der Waals surface area (Å²) in [6, 6.07) is 16.4. The predicted octanol–water partition coefficient (Wildman–Crippen LogP) is 1.95. The van der Waals surface area contributed by atoms with Crippen LogP contribution in [0, 0.1) is 12.8 Å². The van der Waals surface area contributed by atoms with Crippen LogP contribution in [0.4, 0.5) is 0 Å². The summed E-state index contributed by atoms with van der Waals surface area (Å²) in [5.74, 6) is -0.671. The first-order valence-electron chi connectivity index (χ1n) is 10.1. The number of hydroxylamine groups is 1. The summed E-state index contributed by atoms with van der Waals surface area (Å²) in [4.78, 5) is 28.8. The molecule has 0 unspecified atom stereocenters. The maximum Gasteiger partial charge on any atom is 0.251 e. The van der Waals surface area contributed by atoms with E-state index in [9.17, 15) is 9.59 Å². The fourth-order valence-corrected chi connectivity index (χ4v) is 3.82. The maximum absolute atomic E-state index is 12.6. The van der Waals surface area contributed by atoms with E-state index in [1.54, 1.807) is 29.7 Å². The number of hydrogen-bond donors (Lipinski definition) is 4. The normalized spacial score (nSPS) is 18.0. The SMILES string of the molecule is Cc1cc(COc2ccc(C(=O)N[C@@H]3CNC[C@H]3C(=O)NO)cc2)c2ccccc2n1. The molecule has 2 atom stereocenters. The molecule has 8 nitrogen and oxygen atoms in total. The van der Waals surface area contributed by atoms with Crippen LogP contribution in [0.25, 0.3) is 10.9 Å². The Morgan fingerprint density at radius 1 is 1.16 bits per heavy atom. The molecule has 0 saturated carbocycles. The van der Waals surface area contributed by atoms with E-state index in [1.807, 2.05) is 37.3 Å². The molecule has 0 radical (unpaired) electrons. The van der Waals surface area contributed by atoms with Crippen molar-refractivity contribution in [3.05, 3.63) is 71.4 Å². The van der Waals surface area contributed by atoms with Gasteiger partial charge in [-0.25, -0.2) is 5.48 Å². The van der Waals surface area contributed by atoms with Crippen molar-refractivity contribution < 1.29 is 19.5 Å². The van der Waals surface area contributed by atoms with E-state index in [1.165, 1.54) is 0 Å². The van der Waals surface area contributed by atoms with Gasteiger partial charge in [-0.15, -0.1) is 0 Å². The zero-order valence-electron chi connectivity index (χ0n) is 17.1. The predicted molar refractivity (Wildman–Crippen MR) is 115 cm³/mol. The number of fused-ring (bicyclic) bond motifs is 1. The van der Waals surface area contributed by atoms with Crippen molar-refractivity contribution in [3.8, 4) is 5.75 Å². The highest BCUT2D eigenvalue weighted by Crippen LogP contribution is 2.21. The van der Waals surface area contributed by atoms with Gasteiger partial charge in [-0.1, -0.05) is 18.2 Å². The summed E-state index contributed by atoms with van der Waals surface area (Å²) in [5.41, 5.74) is 5.02. The van der Waals surface area contributed by atoms with Gasteiger partial charge in [0.05, 0.1) is 17.5 Å². The van der Waals surface area contributed by atoms with Crippen LogP contribution in [0.15, 0.2) is 54.6 Å². The Labute approximate surface area is 179 Å². The third-order valence-corrected chi connectivity index (χ3v) is 5.42. The average Bonchev–Trinajstić information content (AvgIpc) is 3.25. The van der Waals surface area contributed by atoms with Gasteiger partial charge in [0, 0.05) is 35.3 Å². The Hall–Kier alpha value is -3.49. The van der Waals surface area contributed by atoms with Crippen LogP contribution < -0.4 is 20.9 Å². The minimum Gasteiger partial charge on any atom is -0.489 e. The van der Waals surface area contributed by atoms with Crippen LogP contribution in [-0.2, 0) is 11.4 Å². The standard InChI is InChI=1S/C23H24N4O4/c1-14-10-16(18-4-2-3-5-20(18)25-14)13-31-17-8-6-15(7-9-17)22(28)26-21-12-24-11-19(21)23(29)27-30/h2-10,19,21,24,30H,11-13H2,1H3,(H,26,28)(H,27,29)/t19-,21-/m1/s1. The summed E-state index contributed by atoms with van der Waals surface area (Å²) in [7, 11) is 0. The molecule has 8 heteroatoms. The average molecular weight is 420 g/mol. The third kappa shape index (κ3) is 4.65. The third-order valence-electron chi connectivity index (χ3n) is 5.42. The van der Waals surface area contributed by atoms with Gasteiger partial charge >= 0.3 is 0 Å². The monoisotopic (exact) mass is 420 g/mol. The van der Waals surface area contributed by atoms with E-state index in [0.29, 0.717) is 31.0 Å². The quantitative estimate of drug-likeness (QED) is 0.358. The molecule has 160 valence electrons. The van der Waals surface area contributed by atoms with Crippen molar-refractivity contribution in [2.24, 2.45) is 5.92 Å². The topological polar surface area (TPSA) is 113 Å². The summed E-state index contributed by atoms with van der Waals surface area (Å²) >= 11 is 0. The van der Waals surface area contributed by atoms with Crippen molar-refractivity contribution in [3.63, 3.8) is 0 Å². The summed E-state index contributed by atoms with van der Waals surface area (Å²) < 4.78 is 5.94. The molecular formula is C23H24N4O4. The van der Waals surface area contributed by atoms with E-state index < -0.39 is 17.9 Å². The number of para-hydroxylation sites is 1. The lowest BCUT2D eigenvalue weighted by molar-refractivity contribution is -0.133. The first kappa shape index (κ1) is 20.8. The second-order valence-corrected chi connectivity index (χ2v) is 7.57. The van der Waals surface area contributed by atoms with E-state index in [2.05, 4.69) is 15.6 Å². The molecule has 31 heavy (non-hydrogen) atoms. The van der Waals surface area contributed by atoms with Crippen LogP contribution in [0.1, 0.15) is 21.6 Å². The molecule has 0 spiro atoms. The molecule has 1 aliphatic heterocycles. The van der Waals surface area contributed by atoms with Gasteiger partial charge in [-0.3, -0.25) is 19.8 Å². The molecule has 0 bridgehead atoms. The van der Waals surface area contributed by atoms with Crippen LogP contribution >= 0.6 is 0 Å². The van der Waals surface area contributed by atoms with Gasteiger partial charge in [0.2, 0.25) is 5.91 Å². The number of carbonyl (C=O) groups excluding carboxylic acids is 2. The molecule has 4 N–H and O–H groups in total. The zero-order chi connectivity index (χ0) is 21.8. The number of ether oxygens (including phenoxy) is 1. The molecule has 1 aromatic heterocycles. The minimum absolute atomic E-state index is 0.285. The van der Waals surface area contributed by atoms with Crippen molar-refractivity contribution in [1.29, 1.82) is 0 Å². The fourth-order valence-electron chi connectivity index (χ4n) is 3.82. The fraction of sp³-hybridized carbons (Fsp3) is 0.261. The molecule has 3 aromatic rings. The van der Waals surface area contributed by atoms with Crippen LogP contribution in [0.5, 0.6) is 5.75 Å². The lowest BCUT2D eigenvalue weighted by atomic mass is 10.0. The lowest BCUT2D eigenvalue weighted by Crippen LogP contribution is -2.45. The molecule has 2 aromatic carbocycles. The van der Waals surface area contributed by atoms with Gasteiger partial charge in [-0.05, 0) is 43.3 Å². The van der Waals surface area contributed by atoms with Crippen molar-refractivity contribution in [1.82, 2.24) is 21.1 Å². The van der Waals surface area contributed by atoms with Gasteiger partial charge < -0.3 is 15.4 Å². The molecule has 1 saturated heterocycles. The zero-order valence-corrected chi connectivity index (χ0v) is 17.1. The molecule has 1 aliphatic rings. The highest BCUT2D eigenvalue weighted by Gasteiger charge is 2.34. The molecule has 2 amide bonds. The molecule has 2 heterocycles.